The SMILES string of the molecule is CN1/C(=C/C=O)C=Cc2ccccc21. The second-order valence-corrected chi connectivity index (χ2v) is 3.18. The number of aldehydes is 1. The van der Waals surface area contributed by atoms with Gasteiger partial charge in [-0.15, -0.1) is 0 Å². The maximum absolute atomic E-state index is 10.4. The zero-order chi connectivity index (χ0) is 9.97. The largest absolute Gasteiger partial charge is 0.344 e. The molecule has 1 aromatic rings. The first-order chi connectivity index (χ1) is 6.83. The summed E-state index contributed by atoms with van der Waals surface area (Å²) in [6, 6.07) is 8.09. The van der Waals surface area contributed by atoms with E-state index in [2.05, 4.69) is 6.07 Å². The zero-order valence-electron chi connectivity index (χ0n) is 7.97. The van der Waals surface area contributed by atoms with Gasteiger partial charge in [-0.05, 0) is 17.7 Å². The summed E-state index contributed by atoms with van der Waals surface area (Å²) in [5.41, 5.74) is 3.22. The van der Waals surface area contributed by atoms with Gasteiger partial charge in [0.1, 0.15) is 6.29 Å². The van der Waals surface area contributed by atoms with E-state index in [1.54, 1.807) is 6.08 Å². The Morgan fingerprint density at radius 2 is 2.00 bits per heavy atom. The second-order valence-electron chi connectivity index (χ2n) is 3.18. The lowest BCUT2D eigenvalue weighted by molar-refractivity contribution is -0.104. The Kier molecular flexibility index (Phi) is 2.19. The highest BCUT2D eigenvalue weighted by Gasteiger charge is 2.11. The summed E-state index contributed by atoms with van der Waals surface area (Å²) in [7, 11) is 1.96. The van der Waals surface area contributed by atoms with E-state index >= 15 is 0 Å². The van der Waals surface area contributed by atoms with E-state index in [9.17, 15) is 4.79 Å². The number of rotatable bonds is 1. The molecule has 0 bridgehead atoms. The van der Waals surface area contributed by atoms with Crippen molar-refractivity contribution in [1.29, 1.82) is 0 Å². The Labute approximate surface area is 83.2 Å². The Hall–Kier alpha value is -1.83. The van der Waals surface area contributed by atoms with Gasteiger partial charge < -0.3 is 4.90 Å². The molecule has 0 fully saturated rings. The topological polar surface area (TPSA) is 20.3 Å². The molecule has 1 aromatic carbocycles. The van der Waals surface area contributed by atoms with E-state index in [0.717, 1.165) is 17.7 Å². The number of carbonyl (C=O) groups is 1. The molecule has 0 saturated heterocycles. The fraction of sp³-hybridized carbons (Fsp3) is 0.0833. The van der Waals surface area contributed by atoms with Gasteiger partial charge in [0.2, 0.25) is 0 Å². The molecule has 0 unspecified atom stereocenters. The van der Waals surface area contributed by atoms with Crippen molar-refractivity contribution in [3.05, 3.63) is 47.7 Å². The summed E-state index contributed by atoms with van der Waals surface area (Å²) in [4.78, 5) is 12.4. The van der Waals surface area contributed by atoms with E-state index in [1.807, 2.05) is 42.3 Å². The van der Waals surface area contributed by atoms with Gasteiger partial charge in [0.15, 0.2) is 0 Å². The van der Waals surface area contributed by atoms with Crippen LogP contribution in [0.5, 0.6) is 0 Å². The molecule has 0 radical (unpaired) electrons. The number of hydrogen-bond acceptors (Lipinski definition) is 2. The van der Waals surface area contributed by atoms with Crippen LogP contribution in [0.2, 0.25) is 0 Å². The number of anilines is 1. The number of allylic oxidation sites excluding steroid dienone is 2. The van der Waals surface area contributed by atoms with Crippen LogP contribution in [0.1, 0.15) is 5.56 Å². The van der Waals surface area contributed by atoms with E-state index in [1.165, 1.54) is 5.56 Å². The fourth-order valence-corrected chi connectivity index (χ4v) is 1.60. The molecule has 70 valence electrons. The molecular formula is C12H11NO. The van der Waals surface area contributed by atoms with Crippen molar-refractivity contribution >= 4 is 18.0 Å². The van der Waals surface area contributed by atoms with Gasteiger partial charge in [0, 0.05) is 24.5 Å². The summed E-state index contributed by atoms with van der Waals surface area (Å²) >= 11 is 0. The van der Waals surface area contributed by atoms with E-state index < -0.39 is 0 Å². The van der Waals surface area contributed by atoms with Crippen LogP contribution in [-0.2, 0) is 4.79 Å². The van der Waals surface area contributed by atoms with Crippen molar-refractivity contribution in [2.75, 3.05) is 11.9 Å². The number of hydrogen-bond donors (Lipinski definition) is 0. The Morgan fingerprint density at radius 3 is 2.79 bits per heavy atom. The summed E-state index contributed by atoms with van der Waals surface area (Å²) < 4.78 is 0. The first-order valence-corrected chi connectivity index (χ1v) is 4.49. The lowest BCUT2D eigenvalue weighted by Crippen LogP contribution is -2.18. The molecule has 0 spiro atoms. The third kappa shape index (κ3) is 1.35. The van der Waals surface area contributed by atoms with E-state index in [-0.39, 0.29) is 0 Å². The third-order valence-electron chi connectivity index (χ3n) is 2.36. The molecular weight excluding hydrogens is 174 g/mol. The first-order valence-electron chi connectivity index (χ1n) is 4.49. The quantitative estimate of drug-likeness (QED) is 0.494. The van der Waals surface area contributed by atoms with Gasteiger partial charge in [-0.3, -0.25) is 4.79 Å². The average molecular weight is 185 g/mol. The molecule has 1 aliphatic rings. The van der Waals surface area contributed by atoms with Gasteiger partial charge in [0.25, 0.3) is 0 Å². The molecule has 2 nitrogen and oxygen atoms in total. The second kappa shape index (κ2) is 3.50. The molecule has 0 N–H and O–H groups in total. The van der Waals surface area contributed by atoms with E-state index in [0.29, 0.717) is 0 Å². The molecule has 0 saturated carbocycles. The maximum atomic E-state index is 10.4. The van der Waals surface area contributed by atoms with Gasteiger partial charge in [-0.2, -0.15) is 0 Å². The third-order valence-corrected chi connectivity index (χ3v) is 2.36. The molecule has 0 aliphatic carbocycles. The minimum absolute atomic E-state index is 0.810. The number of likely N-dealkylation sites (N-methyl/N-ethyl adjacent to an activating group) is 1. The molecule has 2 heteroatoms. The molecule has 1 aliphatic heterocycles. The highest BCUT2D eigenvalue weighted by Crippen LogP contribution is 2.28. The number of fused-ring (bicyclic) bond motifs is 1. The monoisotopic (exact) mass is 185 g/mol. The van der Waals surface area contributed by atoms with Crippen molar-refractivity contribution in [2.24, 2.45) is 0 Å². The van der Waals surface area contributed by atoms with Crippen LogP contribution in [0, 0.1) is 0 Å². The van der Waals surface area contributed by atoms with Crippen LogP contribution in [0.15, 0.2) is 42.1 Å². The van der Waals surface area contributed by atoms with Crippen molar-refractivity contribution in [1.82, 2.24) is 0 Å². The number of carbonyl (C=O) groups excluding carboxylic acids is 1. The predicted octanol–water partition coefficient (Wildman–Crippen LogP) is 2.23. The normalized spacial score (nSPS) is 16.9. The smallest absolute Gasteiger partial charge is 0.144 e. The minimum atomic E-state index is 0.810. The van der Waals surface area contributed by atoms with Crippen LogP contribution in [0.25, 0.3) is 6.08 Å². The van der Waals surface area contributed by atoms with Crippen molar-refractivity contribution in [3.8, 4) is 0 Å². The number of nitrogens with zero attached hydrogens (tertiary/aromatic N) is 1. The zero-order valence-corrected chi connectivity index (χ0v) is 7.97. The van der Waals surface area contributed by atoms with Crippen LogP contribution < -0.4 is 4.90 Å². The Balaban J connectivity index is 2.49. The van der Waals surface area contributed by atoms with Crippen molar-refractivity contribution in [3.63, 3.8) is 0 Å². The summed E-state index contributed by atoms with van der Waals surface area (Å²) in [5.74, 6) is 0. The van der Waals surface area contributed by atoms with Gasteiger partial charge in [-0.25, -0.2) is 0 Å². The number of benzene rings is 1. The summed E-state index contributed by atoms with van der Waals surface area (Å²) in [5, 5.41) is 0. The van der Waals surface area contributed by atoms with Gasteiger partial charge in [0.05, 0.1) is 0 Å². The average Bonchev–Trinajstić information content (AvgIpc) is 2.23. The lowest BCUT2D eigenvalue weighted by Gasteiger charge is -2.25. The van der Waals surface area contributed by atoms with Crippen molar-refractivity contribution < 1.29 is 4.79 Å². The van der Waals surface area contributed by atoms with Crippen LogP contribution in [0.4, 0.5) is 5.69 Å². The Morgan fingerprint density at radius 1 is 1.21 bits per heavy atom. The predicted molar refractivity (Wildman–Crippen MR) is 58.0 cm³/mol. The lowest BCUT2D eigenvalue weighted by atomic mass is 10.1. The van der Waals surface area contributed by atoms with Crippen LogP contribution in [0.3, 0.4) is 0 Å². The highest BCUT2D eigenvalue weighted by atomic mass is 16.1. The molecule has 0 atom stereocenters. The fourth-order valence-electron chi connectivity index (χ4n) is 1.60. The molecule has 1 heterocycles. The minimum Gasteiger partial charge on any atom is -0.344 e. The van der Waals surface area contributed by atoms with Crippen LogP contribution >= 0.6 is 0 Å². The maximum Gasteiger partial charge on any atom is 0.144 e. The highest BCUT2D eigenvalue weighted by molar-refractivity contribution is 5.79. The molecule has 0 aromatic heterocycles. The molecule has 14 heavy (non-hydrogen) atoms. The number of para-hydroxylation sites is 1. The first kappa shape index (κ1) is 8.75. The Bertz CT molecular complexity index is 418. The van der Waals surface area contributed by atoms with Crippen molar-refractivity contribution in [2.45, 2.75) is 0 Å². The summed E-state index contributed by atoms with van der Waals surface area (Å²) in [6.07, 6.45) is 6.33. The molecule has 0 amide bonds. The standard InChI is InChI=1S/C12H11NO/c1-13-11(8-9-14)7-6-10-4-2-3-5-12(10)13/h2-9H,1H3/b11-8+. The van der Waals surface area contributed by atoms with Crippen LogP contribution in [-0.4, -0.2) is 13.3 Å². The molecule has 2 rings (SSSR count). The summed E-state index contributed by atoms with van der Waals surface area (Å²) in [6.45, 7) is 0. The van der Waals surface area contributed by atoms with E-state index in [4.69, 9.17) is 0 Å². The van der Waals surface area contributed by atoms with Gasteiger partial charge in [-0.1, -0.05) is 24.3 Å². The van der Waals surface area contributed by atoms with Gasteiger partial charge >= 0.3 is 0 Å².